The van der Waals surface area contributed by atoms with Crippen molar-refractivity contribution in [2.24, 2.45) is 12.0 Å². The fraction of sp³-hybridized carbons (Fsp3) is 0.367. The molecule has 0 atom stereocenters. The van der Waals surface area contributed by atoms with Crippen LogP contribution in [0.25, 0.3) is 0 Å². The molecule has 2 aromatic carbocycles. The van der Waals surface area contributed by atoms with Crippen LogP contribution in [0.1, 0.15) is 5.56 Å². The number of aliphatic hydroxyl groups is 1. The average Bonchev–Trinajstić information content (AvgIpc) is 3.13. The molecule has 10 heteroatoms. The molecule has 40 heavy (non-hydrogen) atoms. The summed E-state index contributed by atoms with van der Waals surface area (Å²) in [6.45, 7) is 6.01. The van der Waals surface area contributed by atoms with E-state index in [-0.39, 0.29) is 12.7 Å². The number of aromatic nitrogens is 1. The third-order valence-electron chi connectivity index (χ3n) is 6.38. The van der Waals surface area contributed by atoms with Crippen molar-refractivity contribution < 1.29 is 23.9 Å². The molecule has 2 aliphatic rings. The molecule has 0 bridgehead atoms. The summed E-state index contributed by atoms with van der Waals surface area (Å²) in [6.07, 6.45) is 3.24. The van der Waals surface area contributed by atoms with Crippen molar-refractivity contribution in [1.29, 1.82) is 0 Å². The zero-order chi connectivity index (χ0) is 28.3. The molecule has 9 nitrogen and oxygen atoms in total. The Hall–Kier alpha value is -3.44. The molecule has 0 spiro atoms. The lowest BCUT2D eigenvalue weighted by molar-refractivity contribution is -0.671. The van der Waals surface area contributed by atoms with Crippen LogP contribution in [-0.4, -0.2) is 98.4 Å². The molecule has 0 saturated carbocycles. The van der Waals surface area contributed by atoms with Crippen LogP contribution in [0, 0.1) is 0 Å². The molecular formula is C30H38N5O4S+. The van der Waals surface area contributed by atoms with Gasteiger partial charge in [-0.05, 0) is 24.3 Å². The van der Waals surface area contributed by atoms with Gasteiger partial charge < -0.3 is 24.4 Å². The highest BCUT2D eigenvalue weighted by Crippen LogP contribution is 2.40. The fourth-order valence-electron chi connectivity index (χ4n) is 4.27. The van der Waals surface area contributed by atoms with Crippen LogP contribution in [0.4, 0.5) is 10.5 Å². The molecule has 1 amide bonds. The second-order valence-corrected chi connectivity index (χ2v) is 10.7. The minimum Gasteiger partial charge on any atom is -0.404 e. The Morgan fingerprint density at radius 1 is 1.00 bits per heavy atom. The number of pyridine rings is 1. The topological polar surface area (TPSA) is 81.7 Å². The van der Waals surface area contributed by atoms with Gasteiger partial charge in [0.2, 0.25) is 6.20 Å². The van der Waals surface area contributed by atoms with Crippen molar-refractivity contribution in [3.8, 4) is 5.75 Å². The number of fused-ring (bicyclic) bond motifs is 2. The van der Waals surface area contributed by atoms with Crippen LogP contribution in [-0.2, 0) is 11.8 Å². The molecule has 0 aliphatic carbocycles. The largest absolute Gasteiger partial charge is 0.414 e. The maximum Gasteiger partial charge on any atom is 0.414 e. The molecular weight excluding hydrogens is 526 g/mol. The Labute approximate surface area is 240 Å². The number of hydrogen-bond acceptors (Lipinski definition) is 8. The normalized spacial score (nSPS) is 14.6. The lowest BCUT2D eigenvalue weighted by atomic mass is 10.1. The second kappa shape index (κ2) is 14.8. The highest BCUT2D eigenvalue weighted by atomic mass is 32.2. The van der Waals surface area contributed by atoms with Gasteiger partial charge in [0.25, 0.3) is 0 Å². The summed E-state index contributed by atoms with van der Waals surface area (Å²) >= 11 is 1.80. The number of aryl methyl sites for hydroxylation is 1. The SMILES string of the molecule is CN(C)C(=O)Oc1ccc[n+](C)c1.OCCOCCN1CCN(C2=Nc3ccccc3Sc3ccccc32)CC1. The summed E-state index contributed by atoms with van der Waals surface area (Å²) in [5, 5.41) is 8.79. The predicted molar refractivity (Wildman–Crippen MR) is 156 cm³/mol. The number of piperazine rings is 1. The Balaban J connectivity index is 0.000000240. The third kappa shape index (κ3) is 8.28. The Kier molecular flexibility index (Phi) is 10.9. The van der Waals surface area contributed by atoms with Crippen molar-refractivity contribution in [2.75, 3.05) is 66.6 Å². The molecule has 1 saturated heterocycles. The number of rotatable bonds is 6. The first-order valence-electron chi connectivity index (χ1n) is 13.4. The molecule has 0 radical (unpaired) electrons. The maximum absolute atomic E-state index is 11.1. The van der Waals surface area contributed by atoms with Gasteiger partial charge in [-0.25, -0.2) is 14.4 Å². The lowest BCUT2D eigenvalue weighted by Gasteiger charge is -2.36. The summed E-state index contributed by atoms with van der Waals surface area (Å²) in [5.41, 5.74) is 2.27. The number of amides is 1. The summed E-state index contributed by atoms with van der Waals surface area (Å²) in [6, 6.07) is 20.5. The van der Waals surface area contributed by atoms with Crippen LogP contribution in [0.3, 0.4) is 0 Å². The van der Waals surface area contributed by atoms with Crippen LogP contribution >= 0.6 is 11.8 Å². The highest BCUT2D eigenvalue weighted by Gasteiger charge is 2.25. The van der Waals surface area contributed by atoms with Gasteiger partial charge >= 0.3 is 6.09 Å². The first kappa shape index (κ1) is 29.5. The Bertz CT molecular complexity index is 1290. The van der Waals surface area contributed by atoms with E-state index in [1.165, 1.54) is 20.3 Å². The lowest BCUT2D eigenvalue weighted by Crippen LogP contribution is -2.49. The molecule has 1 N–H and O–H groups in total. The number of ether oxygens (including phenoxy) is 2. The summed E-state index contributed by atoms with van der Waals surface area (Å²) < 4.78 is 12.2. The van der Waals surface area contributed by atoms with Gasteiger partial charge in [0.1, 0.15) is 12.9 Å². The number of hydrogen-bond donors (Lipinski definition) is 1. The predicted octanol–water partition coefficient (Wildman–Crippen LogP) is 3.43. The van der Waals surface area contributed by atoms with Crippen molar-refractivity contribution in [3.05, 3.63) is 78.6 Å². The van der Waals surface area contributed by atoms with E-state index in [1.54, 1.807) is 38.1 Å². The summed E-state index contributed by atoms with van der Waals surface area (Å²) in [5.74, 6) is 1.63. The summed E-state index contributed by atoms with van der Waals surface area (Å²) in [7, 11) is 5.16. The minimum atomic E-state index is -0.369. The number of carbonyl (C=O) groups excluding carboxylic acids is 1. The second-order valence-electron chi connectivity index (χ2n) is 9.63. The molecule has 5 rings (SSSR count). The third-order valence-corrected chi connectivity index (χ3v) is 7.52. The molecule has 0 unspecified atom stereocenters. The zero-order valence-corrected chi connectivity index (χ0v) is 24.2. The molecule has 212 valence electrons. The van der Waals surface area contributed by atoms with E-state index in [4.69, 9.17) is 19.6 Å². The van der Waals surface area contributed by atoms with E-state index >= 15 is 0 Å². The van der Waals surface area contributed by atoms with Gasteiger partial charge in [-0.3, -0.25) is 4.90 Å². The van der Waals surface area contributed by atoms with Gasteiger partial charge in [0.05, 0.1) is 25.5 Å². The maximum atomic E-state index is 11.1. The van der Waals surface area contributed by atoms with E-state index in [0.29, 0.717) is 19.0 Å². The number of para-hydroxylation sites is 1. The molecule has 3 aromatic rings. The minimum absolute atomic E-state index is 0.0898. The van der Waals surface area contributed by atoms with E-state index in [9.17, 15) is 4.79 Å². The first-order chi connectivity index (χ1) is 19.4. The van der Waals surface area contributed by atoms with Crippen LogP contribution in [0.15, 0.2) is 87.8 Å². The summed E-state index contributed by atoms with van der Waals surface area (Å²) in [4.78, 5) is 24.9. The van der Waals surface area contributed by atoms with Gasteiger partial charge in [0, 0.05) is 68.2 Å². The van der Waals surface area contributed by atoms with Gasteiger partial charge in [-0.1, -0.05) is 42.1 Å². The number of aliphatic imine (C=N–C) groups is 1. The quantitative estimate of drug-likeness (QED) is 0.363. The Morgan fingerprint density at radius 3 is 2.45 bits per heavy atom. The molecule has 1 aromatic heterocycles. The van der Waals surface area contributed by atoms with E-state index in [0.717, 1.165) is 44.2 Å². The van der Waals surface area contributed by atoms with Crippen LogP contribution in [0.2, 0.25) is 0 Å². The number of nitrogens with zero attached hydrogens (tertiary/aromatic N) is 5. The van der Waals surface area contributed by atoms with E-state index in [1.807, 2.05) is 23.9 Å². The zero-order valence-electron chi connectivity index (χ0n) is 23.4. The number of aliphatic hydroxyl groups excluding tert-OH is 1. The van der Waals surface area contributed by atoms with Gasteiger partial charge in [-0.15, -0.1) is 0 Å². The van der Waals surface area contributed by atoms with Crippen LogP contribution in [0.5, 0.6) is 5.75 Å². The fourth-order valence-corrected chi connectivity index (χ4v) is 5.28. The molecule has 2 aliphatic heterocycles. The number of benzene rings is 2. The van der Waals surface area contributed by atoms with Gasteiger partial charge in [0.15, 0.2) is 11.9 Å². The van der Waals surface area contributed by atoms with Crippen molar-refractivity contribution in [2.45, 2.75) is 9.79 Å². The van der Waals surface area contributed by atoms with Gasteiger partial charge in [-0.2, -0.15) is 0 Å². The monoisotopic (exact) mass is 564 g/mol. The van der Waals surface area contributed by atoms with Crippen molar-refractivity contribution >= 4 is 29.4 Å². The van der Waals surface area contributed by atoms with Crippen molar-refractivity contribution in [3.63, 3.8) is 0 Å². The van der Waals surface area contributed by atoms with E-state index in [2.05, 4.69) is 58.3 Å². The number of carbonyl (C=O) groups is 1. The van der Waals surface area contributed by atoms with E-state index < -0.39 is 0 Å². The Morgan fingerprint density at radius 2 is 1.73 bits per heavy atom. The molecule has 3 heterocycles. The van der Waals surface area contributed by atoms with Crippen molar-refractivity contribution in [1.82, 2.24) is 14.7 Å². The smallest absolute Gasteiger partial charge is 0.404 e. The number of amidine groups is 1. The average molecular weight is 565 g/mol. The highest BCUT2D eigenvalue weighted by molar-refractivity contribution is 7.99. The molecule has 1 fully saturated rings. The van der Waals surface area contributed by atoms with Crippen LogP contribution < -0.4 is 9.30 Å². The standard InChI is InChI=1S/C21H25N3O2S.C9H13N2O2/c25-14-16-26-15-13-23-9-11-24(12-10-23)21-17-5-1-3-7-19(17)27-20-8-4-2-6-18(20)22-21;1-10(2)9(12)13-8-5-4-6-11(3)7-8/h1-8,25H,9-16H2;4-7H,1-3H3/q;+1. The first-order valence-corrected chi connectivity index (χ1v) is 14.2.